The fourth-order valence-electron chi connectivity index (χ4n) is 2.16. The van der Waals surface area contributed by atoms with Crippen LogP contribution in [-0.4, -0.2) is 24.5 Å². The molecule has 27 heavy (non-hydrogen) atoms. The molecule has 0 heterocycles. The van der Waals surface area contributed by atoms with Crippen molar-refractivity contribution in [1.82, 2.24) is 10.7 Å². The maximum Gasteiger partial charge on any atom is 0.186 e. The van der Waals surface area contributed by atoms with Crippen LogP contribution in [-0.2, 0) is 6.61 Å². The lowest BCUT2D eigenvalue weighted by Gasteiger charge is -2.14. The van der Waals surface area contributed by atoms with Crippen LogP contribution in [0.4, 0.5) is 4.39 Å². The fourth-order valence-corrected chi connectivity index (χ4v) is 2.78. The van der Waals surface area contributed by atoms with Crippen LogP contribution >= 0.6 is 28.1 Å². The molecule has 0 unspecified atom stereocenters. The Kier molecular flexibility index (Phi) is 8.47. The van der Waals surface area contributed by atoms with Crippen LogP contribution < -0.4 is 20.2 Å². The van der Waals surface area contributed by atoms with Gasteiger partial charge >= 0.3 is 0 Å². The maximum atomic E-state index is 13.8. The van der Waals surface area contributed by atoms with Crippen LogP contribution in [0.3, 0.4) is 0 Å². The van der Waals surface area contributed by atoms with Gasteiger partial charge in [-0.15, -0.1) is 0 Å². The van der Waals surface area contributed by atoms with Crippen molar-refractivity contribution >= 4 is 39.5 Å². The molecule has 0 saturated carbocycles. The van der Waals surface area contributed by atoms with Crippen molar-refractivity contribution in [3.8, 4) is 11.5 Å². The molecule has 0 atom stereocenters. The van der Waals surface area contributed by atoms with E-state index in [1.165, 1.54) is 6.07 Å². The minimum absolute atomic E-state index is 0.102. The first-order valence-electron chi connectivity index (χ1n) is 8.44. The third kappa shape index (κ3) is 6.48. The molecule has 0 aromatic heterocycles. The number of nitrogens with zero attached hydrogens (tertiary/aromatic N) is 1. The van der Waals surface area contributed by atoms with Gasteiger partial charge in [0.2, 0.25) is 0 Å². The normalized spacial score (nSPS) is 10.7. The quantitative estimate of drug-likeness (QED) is 0.352. The summed E-state index contributed by atoms with van der Waals surface area (Å²) in [6.45, 7) is 5.12. The number of rotatable bonds is 8. The van der Waals surface area contributed by atoms with E-state index in [0.717, 1.165) is 10.0 Å². The molecular formula is C19H21BrFN3O2S. The highest BCUT2D eigenvalue weighted by Gasteiger charge is 2.11. The molecule has 0 aliphatic rings. The first-order chi connectivity index (χ1) is 13.0. The number of thiocarbonyl (C=S) groups is 1. The Labute approximate surface area is 172 Å². The van der Waals surface area contributed by atoms with E-state index in [4.69, 9.17) is 21.7 Å². The van der Waals surface area contributed by atoms with Gasteiger partial charge in [-0.05, 0) is 60.2 Å². The number of nitrogens with one attached hydrogen (secondary N) is 2. The zero-order valence-corrected chi connectivity index (χ0v) is 17.5. The molecule has 2 N–H and O–H groups in total. The molecule has 8 heteroatoms. The molecule has 144 valence electrons. The van der Waals surface area contributed by atoms with Crippen molar-refractivity contribution in [2.24, 2.45) is 5.10 Å². The molecule has 2 aromatic rings. The number of hydrazone groups is 1. The summed E-state index contributed by atoms with van der Waals surface area (Å²) in [5.41, 5.74) is 3.99. The Morgan fingerprint density at radius 1 is 1.22 bits per heavy atom. The van der Waals surface area contributed by atoms with E-state index >= 15 is 0 Å². The van der Waals surface area contributed by atoms with E-state index < -0.39 is 0 Å². The van der Waals surface area contributed by atoms with Gasteiger partial charge in [0.1, 0.15) is 12.4 Å². The topological polar surface area (TPSA) is 54.9 Å². The summed E-state index contributed by atoms with van der Waals surface area (Å²) in [4.78, 5) is 0. The molecule has 0 radical (unpaired) electrons. The van der Waals surface area contributed by atoms with Crippen LogP contribution in [0.15, 0.2) is 46.0 Å². The van der Waals surface area contributed by atoms with Crippen LogP contribution in [0, 0.1) is 5.82 Å². The van der Waals surface area contributed by atoms with E-state index in [0.29, 0.717) is 35.3 Å². The Morgan fingerprint density at radius 3 is 2.67 bits per heavy atom. The molecule has 2 aromatic carbocycles. The largest absolute Gasteiger partial charge is 0.490 e. The molecule has 5 nitrogen and oxygen atoms in total. The summed E-state index contributed by atoms with van der Waals surface area (Å²) < 4.78 is 26.0. The molecule has 0 saturated heterocycles. The Bertz CT molecular complexity index is 818. The minimum Gasteiger partial charge on any atom is -0.490 e. The number of benzene rings is 2. The Balaban J connectivity index is 2.16. The fraction of sp³-hybridized carbons (Fsp3) is 0.263. The molecule has 0 spiro atoms. The number of halogens is 2. The molecule has 0 bridgehead atoms. The minimum atomic E-state index is -0.305. The maximum absolute atomic E-state index is 13.8. The monoisotopic (exact) mass is 453 g/mol. The first-order valence-corrected chi connectivity index (χ1v) is 9.64. The molecule has 0 aliphatic carbocycles. The average molecular weight is 454 g/mol. The molecule has 0 aliphatic heterocycles. The van der Waals surface area contributed by atoms with Gasteiger partial charge in [-0.1, -0.05) is 18.2 Å². The van der Waals surface area contributed by atoms with E-state index in [1.54, 1.807) is 36.5 Å². The average Bonchev–Trinajstić information content (AvgIpc) is 2.64. The summed E-state index contributed by atoms with van der Waals surface area (Å²) in [5.74, 6) is 0.758. The standard InChI is InChI=1S/C19H21BrFN3O2S/c1-3-22-19(27)24-23-11-14-9-17(25-4-2)18(10-15(14)20)26-12-13-7-5-6-8-16(13)21/h5-11H,3-4,12H2,1-2H3,(H2,22,24,27)/b23-11-. The van der Waals surface area contributed by atoms with Gasteiger partial charge in [-0.25, -0.2) is 4.39 Å². The van der Waals surface area contributed by atoms with Crippen molar-refractivity contribution < 1.29 is 13.9 Å². The van der Waals surface area contributed by atoms with Gasteiger partial charge in [0.25, 0.3) is 0 Å². The van der Waals surface area contributed by atoms with Gasteiger partial charge in [0.05, 0.1) is 12.8 Å². The van der Waals surface area contributed by atoms with Gasteiger partial charge < -0.3 is 14.8 Å². The lowest BCUT2D eigenvalue weighted by Crippen LogP contribution is -2.31. The van der Waals surface area contributed by atoms with Gasteiger partial charge in [0.15, 0.2) is 16.6 Å². The van der Waals surface area contributed by atoms with Crippen LogP contribution in [0.2, 0.25) is 0 Å². The second-order valence-electron chi connectivity index (χ2n) is 5.36. The first kappa shape index (κ1) is 21.1. The second-order valence-corrected chi connectivity index (χ2v) is 6.63. The van der Waals surface area contributed by atoms with Crippen molar-refractivity contribution in [3.63, 3.8) is 0 Å². The highest BCUT2D eigenvalue weighted by atomic mass is 79.9. The molecular weight excluding hydrogens is 433 g/mol. The molecule has 2 rings (SSSR count). The van der Waals surface area contributed by atoms with E-state index in [2.05, 4.69) is 31.8 Å². The van der Waals surface area contributed by atoms with Crippen LogP contribution in [0.25, 0.3) is 0 Å². The zero-order valence-electron chi connectivity index (χ0n) is 15.1. The zero-order chi connectivity index (χ0) is 19.6. The number of hydrogen-bond donors (Lipinski definition) is 2. The molecule has 0 amide bonds. The lowest BCUT2D eigenvalue weighted by molar-refractivity contribution is 0.265. The van der Waals surface area contributed by atoms with E-state index in [9.17, 15) is 4.39 Å². The number of hydrogen-bond acceptors (Lipinski definition) is 4. The second kappa shape index (κ2) is 10.8. The summed E-state index contributed by atoms with van der Waals surface area (Å²) in [5, 5.41) is 7.49. The predicted molar refractivity (Wildman–Crippen MR) is 113 cm³/mol. The van der Waals surface area contributed by atoms with Crippen molar-refractivity contribution in [2.75, 3.05) is 13.2 Å². The number of ether oxygens (including phenoxy) is 2. The van der Waals surface area contributed by atoms with E-state index in [1.807, 2.05) is 13.8 Å². The Morgan fingerprint density at radius 2 is 1.96 bits per heavy atom. The summed E-state index contributed by atoms with van der Waals surface area (Å²) in [6, 6.07) is 10.1. The summed E-state index contributed by atoms with van der Waals surface area (Å²) in [7, 11) is 0. The highest BCUT2D eigenvalue weighted by Crippen LogP contribution is 2.34. The summed E-state index contributed by atoms with van der Waals surface area (Å²) in [6.07, 6.45) is 1.62. The smallest absolute Gasteiger partial charge is 0.186 e. The van der Waals surface area contributed by atoms with E-state index in [-0.39, 0.29) is 12.4 Å². The van der Waals surface area contributed by atoms with Gasteiger partial charge in [-0.2, -0.15) is 5.10 Å². The molecule has 0 fully saturated rings. The third-order valence-corrected chi connectivity index (χ3v) is 4.33. The van der Waals surface area contributed by atoms with Crippen molar-refractivity contribution in [2.45, 2.75) is 20.5 Å². The summed E-state index contributed by atoms with van der Waals surface area (Å²) >= 11 is 8.55. The van der Waals surface area contributed by atoms with Gasteiger partial charge in [0, 0.05) is 22.1 Å². The van der Waals surface area contributed by atoms with Crippen molar-refractivity contribution in [1.29, 1.82) is 0 Å². The third-order valence-electron chi connectivity index (χ3n) is 3.41. The van der Waals surface area contributed by atoms with Crippen molar-refractivity contribution in [3.05, 3.63) is 57.8 Å². The highest BCUT2D eigenvalue weighted by molar-refractivity contribution is 9.10. The van der Waals surface area contributed by atoms with Crippen LogP contribution in [0.1, 0.15) is 25.0 Å². The SMILES string of the molecule is CCNC(=S)N/N=C\c1cc(OCC)c(OCc2ccccc2F)cc1Br. The van der Waals surface area contributed by atoms with Crippen LogP contribution in [0.5, 0.6) is 11.5 Å². The Hall–Kier alpha value is -2.19. The van der Waals surface area contributed by atoms with Gasteiger partial charge in [-0.3, -0.25) is 5.43 Å². The lowest BCUT2D eigenvalue weighted by atomic mass is 10.2. The predicted octanol–water partition coefficient (Wildman–Crippen LogP) is 4.38.